The summed E-state index contributed by atoms with van der Waals surface area (Å²) in [5, 5.41) is 3.16. The van der Waals surface area contributed by atoms with Crippen LogP contribution in [-0.2, 0) is 0 Å². The highest BCUT2D eigenvalue weighted by atomic mass is 32.2. The van der Waals surface area contributed by atoms with Crippen LogP contribution in [0.15, 0.2) is 4.99 Å². The lowest BCUT2D eigenvalue weighted by molar-refractivity contribution is 0.735. The molecule has 3 nitrogen and oxygen atoms in total. The van der Waals surface area contributed by atoms with Crippen LogP contribution < -0.4 is 5.32 Å². The van der Waals surface area contributed by atoms with E-state index in [0.717, 1.165) is 17.4 Å². The van der Waals surface area contributed by atoms with Gasteiger partial charge in [0.25, 0.3) is 0 Å². The molecule has 0 aliphatic carbocycles. The van der Waals surface area contributed by atoms with Crippen LogP contribution in [0, 0.1) is 0 Å². The topological polar surface area (TPSA) is 27.6 Å². The average molecular weight is 203 g/mol. The molecule has 0 fully saturated rings. The SMILES string of the molecule is CC(C)NC(=S)SN1C=NCC1. The van der Waals surface area contributed by atoms with Crippen molar-refractivity contribution in [1.82, 2.24) is 9.62 Å². The van der Waals surface area contributed by atoms with Gasteiger partial charge in [0.15, 0.2) is 4.32 Å². The van der Waals surface area contributed by atoms with E-state index in [1.807, 2.05) is 10.6 Å². The van der Waals surface area contributed by atoms with Gasteiger partial charge in [-0.25, -0.2) is 0 Å². The molecule has 68 valence electrons. The Morgan fingerprint density at radius 3 is 3.00 bits per heavy atom. The van der Waals surface area contributed by atoms with E-state index in [1.165, 1.54) is 11.9 Å². The first-order valence-electron chi connectivity index (χ1n) is 3.93. The highest BCUT2D eigenvalue weighted by Gasteiger charge is 2.09. The van der Waals surface area contributed by atoms with E-state index in [2.05, 4.69) is 24.2 Å². The molecule has 0 aromatic heterocycles. The van der Waals surface area contributed by atoms with Gasteiger partial charge in [-0.05, 0) is 13.8 Å². The van der Waals surface area contributed by atoms with E-state index in [-0.39, 0.29) is 0 Å². The fourth-order valence-corrected chi connectivity index (χ4v) is 2.11. The third-order valence-electron chi connectivity index (χ3n) is 1.27. The highest BCUT2D eigenvalue weighted by Crippen LogP contribution is 2.11. The number of rotatable bonds is 2. The second-order valence-electron chi connectivity index (χ2n) is 2.84. The zero-order chi connectivity index (χ0) is 8.97. The van der Waals surface area contributed by atoms with Crippen molar-refractivity contribution in [2.75, 3.05) is 13.1 Å². The molecule has 0 saturated carbocycles. The normalized spacial score (nSPS) is 15.8. The zero-order valence-electron chi connectivity index (χ0n) is 7.28. The molecule has 0 amide bonds. The lowest BCUT2D eigenvalue weighted by Gasteiger charge is -2.15. The maximum atomic E-state index is 5.12. The molecular formula is C7H13N3S2. The number of nitrogens with one attached hydrogen (secondary N) is 1. The third kappa shape index (κ3) is 3.40. The fourth-order valence-electron chi connectivity index (χ4n) is 0.801. The van der Waals surface area contributed by atoms with Crippen LogP contribution in [-0.4, -0.2) is 34.1 Å². The van der Waals surface area contributed by atoms with Gasteiger partial charge >= 0.3 is 0 Å². The van der Waals surface area contributed by atoms with E-state index in [9.17, 15) is 0 Å². The minimum Gasteiger partial charge on any atom is -0.367 e. The molecule has 0 radical (unpaired) electrons. The second kappa shape index (κ2) is 4.67. The molecule has 1 rings (SSSR count). The standard InChI is InChI=1S/C7H13N3S2/c1-6(2)9-7(11)12-10-4-3-8-5-10/h5-6H,3-4H2,1-2H3,(H,9,11). The predicted octanol–water partition coefficient (Wildman–Crippen LogP) is 1.26. The third-order valence-corrected chi connectivity index (χ3v) is 2.40. The molecule has 5 heteroatoms. The smallest absolute Gasteiger partial charge is 0.154 e. The van der Waals surface area contributed by atoms with Crippen molar-refractivity contribution in [3.05, 3.63) is 0 Å². The van der Waals surface area contributed by atoms with Crippen molar-refractivity contribution in [2.24, 2.45) is 4.99 Å². The molecule has 0 aromatic rings. The van der Waals surface area contributed by atoms with Crippen LogP contribution >= 0.6 is 24.2 Å². The van der Waals surface area contributed by atoms with E-state index in [4.69, 9.17) is 12.2 Å². The summed E-state index contributed by atoms with van der Waals surface area (Å²) in [4.78, 5) is 4.09. The summed E-state index contributed by atoms with van der Waals surface area (Å²) in [5.74, 6) is 0. The Hall–Kier alpha value is -0.290. The maximum Gasteiger partial charge on any atom is 0.154 e. The van der Waals surface area contributed by atoms with Gasteiger partial charge in [0.1, 0.15) is 0 Å². The number of thiocarbonyl (C=S) groups is 1. The molecular weight excluding hydrogens is 190 g/mol. The fraction of sp³-hybridized carbons (Fsp3) is 0.714. The number of nitrogens with zero attached hydrogens (tertiary/aromatic N) is 2. The van der Waals surface area contributed by atoms with Gasteiger partial charge in [-0.15, -0.1) is 0 Å². The Morgan fingerprint density at radius 2 is 2.50 bits per heavy atom. The molecule has 0 spiro atoms. The number of hydrogen-bond donors (Lipinski definition) is 1. The van der Waals surface area contributed by atoms with Crippen LogP contribution in [0.2, 0.25) is 0 Å². The highest BCUT2D eigenvalue weighted by molar-refractivity contribution is 8.21. The van der Waals surface area contributed by atoms with Gasteiger partial charge in [-0.3, -0.25) is 9.30 Å². The monoisotopic (exact) mass is 203 g/mol. The number of aliphatic imine (C=N–C) groups is 1. The first-order valence-corrected chi connectivity index (χ1v) is 5.11. The quantitative estimate of drug-likeness (QED) is 0.540. The predicted molar refractivity (Wildman–Crippen MR) is 58.5 cm³/mol. The van der Waals surface area contributed by atoms with Crippen molar-refractivity contribution >= 4 is 34.8 Å². The molecule has 0 saturated heterocycles. The number of hydrogen-bond acceptors (Lipinski definition) is 4. The van der Waals surface area contributed by atoms with Crippen molar-refractivity contribution < 1.29 is 0 Å². The molecule has 1 N–H and O–H groups in total. The van der Waals surface area contributed by atoms with Gasteiger partial charge in [0.2, 0.25) is 0 Å². The summed E-state index contributed by atoms with van der Waals surface area (Å²) >= 11 is 6.66. The zero-order valence-corrected chi connectivity index (χ0v) is 8.91. The van der Waals surface area contributed by atoms with Gasteiger partial charge < -0.3 is 5.32 Å². The lowest BCUT2D eigenvalue weighted by Crippen LogP contribution is -2.29. The van der Waals surface area contributed by atoms with Gasteiger partial charge in [-0.1, -0.05) is 12.2 Å². The van der Waals surface area contributed by atoms with Crippen LogP contribution in [0.4, 0.5) is 0 Å². The van der Waals surface area contributed by atoms with Crippen LogP contribution in [0.3, 0.4) is 0 Å². The van der Waals surface area contributed by atoms with E-state index < -0.39 is 0 Å². The minimum absolute atomic E-state index is 0.407. The van der Waals surface area contributed by atoms with E-state index in [0.29, 0.717) is 6.04 Å². The molecule has 1 heterocycles. The molecule has 0 aromatic carbocycles. The molecule has 1 aliphatic heterocycles. The van der Waals surface area contributed by atoms with Crippen LogP contribution in [0.25, 0.3) is 0 Å². The maximum absolute atomic E-state index is 5.12. The van der Waals surface area contributed by atoms with Crippen molar-refractivity contribution in [2.45, 2.75) is 19.9 Å². The Labute approximate surface area is 82.7 Å². The molecule has 0 bridgehead atoms. The van der Waals surface area contributed by atoms with Gasteiger partial charge in [0.05, 0.1) is 19.4 Å². The average Bonchev–Trinajstić information content (AvgIpc) is 2.37. The lowest BCUT2D eigenvalue weighted by atomic mass is 10.4. The van der Waals surface area contributed by atoms with Gasteiger partial charge in [0, 0.05) is 18.0 Å². The Kier molecular flexibility index (Phi) is 3.81. The van der Waals surface area contributed by atoms with E-state index >= 15 is 0 Å². The second-order valence-corrected chi connectivity index (χ2v) is 4.57. The summed E-state index contributed by atoms with van der Waals surface area (Å²) in [6.07, 6.45) is 1.83. The summed E-state index contributed by atoms with van der Waals surface area (Å²) in [6.45, 7) is 6.00. The largest absolute Gasteiger partial charge is 0.367 e. The summed E-state index contributed by atoms with van der Waals surface area (Å²) < 4.78 is 2.86. The van der Waals surface area contributed by atoms with E-state index in [1.54, 1.807) is 0 Å². The Bertz CT molecular complexity index is 191. The summed E-state index contributed by atoms with van der Waals surface area (Å²) in [7, 11) is 0. The molecule has 0 unspecified atom stereocenters. The summed E-state index contributed by atoms with van der Waals surface area (Å²) in [5.41, 5.74) is 0. The van der Waals surface area contributed by atoms with Crippen LogP contribution in [0.1, 0.15) is 13.8 Å². The van der Waals surface area contributed by atoms with Crippen molar-refractivity contribution in [3.63, 3.8) is 0 Å². The van der Waals surface area contributed by atoms with Crippen molar-refractivity contribution in [1.29, 1.82) is 0 Å². The minimum atomic E-state index is 0.407. The summed E-state index contributed by atoms with van der Waals surface area (Å²) in [6, 6.07) is 0.407. The van der Waals surface area contributed by atoms with Crippen LogP contribution in [0.5, 0.6) is 0 Å². The Balaban J connectivity index is 2.21. The first kappa shape index (κ1) is 9.80. The molecule has 12 heavy (non-hydrogen) atoms. The molecule has 0 atom stereocenters. The molecule has 1 aliphatic rings. The Morgan fingerprint density at radius 1 is 1.75 bits per heavy atom. The van der Waals surface area contributed by atoms with Gasteiger partial charge in [-0.2, -0.15) is 0 Å². The first-order chi connectivity index (χ1) is 5.68. The van der Waals surface area contributed by atoms with Crippen molar-refractivity contribution in [3.8, 4) is 0 Å².